The highest BCUT2D eigenvalue weighted by Gasteiger charge is 2.26. The highest BCUT2D eigenvalue weighted by molar-refractivity contribution is 7.92. The van der Waals surface area contributed by atoms with Crippen LogP contribution < -0.4 is 19.1 Å². The first-order valence-electron chi connectivity index (χ1n) is 13.6. The van der Waals surface area contributed by atoms with Crippen LogP contribution in [0, 0.1) is 5.82 Å². The molecular weight excluding hydrogens is 601 g/mol. The third-order valence-electron chi connectivity index (χ3n) is 7.46. The number of anilines is 1. The van der Waals surface area contributed by atoms with Gasteiger partial charge in [0.25, 0.3) is 5.91 Å². The Morgan fingerprint density at radius 1 is 0.956 bits per heavy atom. The number of halogens is 1. The number of hydrogen-bond acceptors (Lipinski definition) is 8. The van der Waals surface area contributed by atoms with E-state index in [4.69, 9.17) is 13.9 Å². The molecule has 6 rings (SSSR count). The lowest BCUT2D eigenvalue weighted by Crippen LogP contribution is -2.25. The van der Waals surface area contributed by atoms with Crippen molar-refractivity contribution in [1.29, 1.82) is 0 Å². The third kappa shape index (κ3) is 5.42. The summed E-state index contributed by atoms with van der Waals surface area (Å²) in [5.74, 6) is 0.737. The van der Waals surface area contributed by atoms with Crippen LogP contribution in [0.4, 0.5) is 10.1 Å². The molecule has 6 aromatic rings. The van der Waals surface area contributed by atoms with E-state index in [0.29, 0.717) is 61.9 Å². The van der Waals surface area contributed by atoms with Gasteiger partial charge in [-0.2, -0.15) is 4.98 Å². The van der Waals surface area contributed by atoms with Crippen molar-refractivity contribution >= 4 is 43.8 Å². The number of fused-ring (bicyclic) bond motifs is 2. The molecule has 0 aliphatic heterocycles. The van der Waals surface area contributed by atoms with Gasteiger partial charge in [0.05, 0.1) is 37.2 Å². The summed E-state index contributed by atoms with van der Waals surface area (Å²) in [4.78, 5) is 25.5. The molecule has 0 spiro atoms. The number of pyridine rings is 1. The van der Waals surface area contributed by atoms with Crippen molar-refractivity contribution < 1.29 is 31.5 Å². The van der Waals surface area contributed by atoms with E-state index in [0.717, 1.165) is 10.6 Å². The van der Waals surface area contributed by atoms with Crippen LogP contribution >= 0.6 is 0 Å². The van der Waals surface area contributed by atoms with Gasteiger partial charge in [-0.3, -0.25) is 9.10 Å². The summed E-state index contributed by atoms with van der Waals surface area (Å²) in [7, 11) is 2.24. The number of furan rings is 1. The van der Waals surface area contributed by atoms with Crippen molar-refractivity contribution in [2.75, 3.05) is 38.9 Å². The lowest BCUT2D eigenvalue weighted by Gasteiger charge is -2.21. The van der Waals surface area contributed by atoms with Crippen LogP contribution in [0.25, 0.3) is 56.0 Å². The SMILES string of the molecule is CNC(=O)c1c(-c2ccc(F)cc2)oc2cc(N(C)S(C)(=O)=O)c(-c3cc(OC)cc(-c4nc5nc(OC)ccc5[nH]4)c3)cc12. The second-order valence-electron chi connectivity index (χ2n) is 10.2. The quantitative estimate of drug-likeness (QED) is 0.221. The fourth-order valence-corrected chi connectivity index (χ4v) is 5.60. The largest absolute Gasteiger partial charge is 0.497 e. The van der Waals surface area contributed by atoms with Gasteiger partial charge in [0.1, 0.15) is 28.7 Å². The predicted molar refractivity (Wildman–Crippen MR) is 170 cm³/mol. The van der Waals surface area contributed by atoms with E-state index in [9.17, 15) is 17.6 Å². The lowest BCUT2D eigenvalue weighted by molar-refractivity contribution is 0.0964. The van der Waals surface area contributed by atoms with Gasteiger partial charge >= 0.3 is 0 Å². The highest BCUT2D eigenvalue weighted by Crippen LogP contribution is 2.43. The summed E-state index contributed by atoms with van der Waals surface area (Å²) in [6.07, 6.45) is 1.09. The maximum atomic E-state index is 13.7. The smallest absolute Gasteiger partial charge is 0.255 e. The van der Waals surface area contributed by atoms with Gasteiger partial charge in [-0.25, -0.2) is 17.8 Å². The van der Waals surface area contributed by atoms with Crippen molar-refractivity contribution in [2.24, 2.45) is 0 Å². The van der Waals surface area contributed by atoms with E-state index in [-0.39, 0.29) is 16.9 Å². The highest BCUT2D eigenvalue weighted by atomic mass is 32.2. The van der Waals surface area contributed by atoms with Crippen LogP contribution in [0.5, 0.6) is 11.6 Å². The van der Waals surface area contributed by atoms with E-state index in [2.05, 4.69) is 20.3 Å². The molecule has 13 heteroatoms. The average Bonchev–Trinajstić information content (AvgIpc) is 3.64. The van der Waals surface area contributed by atoms with Crippen molar-refractivity contribution in [3.05, 3.63) is 78.1 Å². The van der Waals surface area contributed by atoms with Gasteiger partial charge in [-0.05, 0) is 60.2 Å². The molecule has 1 amide bonds. The molecule has 0 radical (unpaired) electrons. The van der Waals surface area contributed by atoms with Gasteiger partial charge in [0, 0.05) is 48.3 Å². The summed E-state index contributed by atoms with van der Waals surface area (Å²) in [5, 5.41) is 3.07. The number of sulfonamides is 1. The number of aromatic nitrogens is 3. The number of hydrogen-bond donors (Lipinski definition) is 2. The summed E-state index contributed by atoms with van der Waals surface area (Å²) >= 11 is 0. The van der Waals surface area contributed by atoms with Crippen molar-refractivity contribution in [3.8, 4) is 45.5 Å². The lowest BCUT2D eigenvalue weighted by atomic mass is 9.97. The molecule has 230 valence electrons. The number of carbonyl (C=O) groups excluding carboxylic acids is 1. The number of rotatable bonds is 8. The van der Waals surface area contributed by atoms with Crippen LogP contribution in [0.2, 0.25) is 0 Å². The molecule has 11 nitrogen and oxygen atoms in total. The Bertz CT molecular complexity index is 2210. The normalized spacial score (nSPS) is 11.6. The van der Waals surface area contributed by atoms with Crippen molar-refractivity contribution in [2.45, 2.75) is 0 Å². The number of nitrogens with zero attached hydrogens (tertiary/aromatic N) is 3. The number of carbonyl (C=O) groups is 1. The second-order valence-corrected chi connectivity index (χ2v) is 12.3. The molecule has 45 heavy (non-hydrogen) atoms. The van der Waals surface area contributed by atoms with E-state index in [1.165, 1.54) is 52.6 Å². The first-order chi connectivity index (χ1) is 21.5. The number of methoxy groups -OCH3 is 2. The molecule has 0 saturated carbocycles. The molecule has 0 bridgehead atoms. The Morgan fingerprint density at radius 2 is 1.69 bits per heavy atom. The molecule has 2 N–H and O–H groups in total. The number of benzene rings is 3. The summed E-state index contributed by atoms with van der Waals surface area (Å²) < 4.78 is 57.6. The first kappa shape index (κ1) is 29.6. The molecule has 3 aromatic carbocycles. The van der Waals surface area contributed by atoms with Crippen LogP contribution in [0.3, 0.4) is 0 Å². The maximum Gasteiger partial charge on any atom is 0.255 e. The molecule has 0 aliphatic rings. The minimum atomic E-state index is -3.74. The Labute approximate surface area is 257 Å². The molecule has 0 aliphatic carbocycles. The van der Waals surface area contributed by atoms with Gasteiger partial charge in [-0.1, -0.05) is 0 Å². The number of aromatic amines is 1. The number of amides is 1. The number of nitrogens with one attached hydrogen (secondary N) is 2. The Hall–Kier alpha value is -5.43. The van der Waals surface area contributed by atoms with Gasteiger partial charge in [0.2, 0.25) is 15.9 Å². The number of ether oxygens (including phenoxy) is 2. The summed E-state index contributed by atoms with van der Waals surface area (Å²) in [6, 6.07) is 17.7. The number of imidazole rings is 1. The number of H-pyrrole nitrogens is 1. The average molecular weight is 630 g/mol. The molecule has 0 unspecified atom stereocenters. The van der Waals surface area contributed by atoms with E-state index < -0.39 is 21.7 Å². The monoisotopic (exact) mass is 629 g/mol. The van der Waals surface area contributed by atoms with E-state index in [1.807, 2.05) is 12.1 Å². The minimum absolute atomic E-state index is 0.214. The topological polar surface area (TPSA) is 140 Å². The standard InChI is InChI=1S/C32H28FN5O6S/c1-34-32(39)28-23-15-22(25(38(2)45(5,40)41)16-26(23)44-29(28)17-6-8-20(33)9-7-17)18-12-19(14-21(13-18)42-3)30-35-24-10-11-27(43-4)36-31(24)37-30/h6-16H,1-5H3,(H,34,39)(H,35,36,37). The van der Waals surface area contributed by atoms with E-state index in [1.54, 1.807) is 30.3 Å². The second kappa shape index (κ2) is 11.2. The zero-order valence-electron chi connectivity index (χ0n) is 24.9. The predicted octanol–water partition coefficient (Wildman–Crippen LogP) is 5.62. The van der Waals surface area contributed by atoms with Gasteiger partial charge < -0.3 is 24.2 Å². The fraction of sp³-hybridized carbons (Fsp3) is 0.156. The fourth-order valence-electron chi connectivity index (χ4n) is 5.09. The van der Waals surface area contributed by atoms with Gasteiger partial charge in [0.15, 0.2) is 5.65 Å². The van der Waals surface area contributed by atoms with Crippen LogP contribution in [-0.4, -0.2) is 63.8 Å². The Kier molecular flexibility index (Phi) is 7.41. The van der Waals surface area contributed by atoms with Crippen LogP contribution in [0.1, 0.15) is 10.4 Å². The van der Waals surface area contributed by atoms with Crippen LogP contribution in [-0.2, 0) is 10.0 Å². The Morgan fingerprint density at radius 3 is 2.36 bits per heavy atom. The minimum Gasteiger partial charge on any atom is -0.497 e. The zero-order chi connectivity index (χ0) is 32.0. The summed E-state index contributed by atoms with van der Waals surface area (Å²) in [6.45, 7) is 0. The zero-order valence-corrected chi connectivity index (χ0v) is 25.7. The summed E-state index contributed by atoms with van der Waals surface area (Å²) in [5.41, 5.74) is 4.09. The van der Waals surface area contributed by atoms with Crippen molar-refractivity contribution in [3.63, 3.8) is 0 Å². The van der Waals surface area contributed by atoms with Crippen molar-refractivity contribution in [1.82, 2.24) is 20.3 Å². The third-order valence-corrected chi connectivity index (χ3v) is 8.65. The Balaban J connectivity index is 1.63. The van der Waals surface area contributed by atoms with Crippen LogP contribution in [0.15, 0.2) is 71.1 Å². The molecule has 0 fully saturated rings. The molecule has 3 aromatic heterocycles. The molecular formula is C32H28FN5O6S. The van der Waals surface area contributed by atoms with Gasteiger partial charge in [-0.15, -0.1) is 0 Å². The molecule has 3 heterocycles. The first-order valence-corrected chi connectivity index (χ1v) is 15.5. The maximum absolute atomic E-state index is 13.7. The molecule has 0 saturated heterocycles. The molecule has 0 atom stereocenters. The van der Waals surface area contributed by atoms with E-state index >= 15 is 0 Å².